The van der Waals surface area contributed by atoms with Crippen molar-refractivity contribution in [3.05, 3.63) is 57.9 Å². The quantitative estimate of drug-likeness (QED) is 0.658. The van der Waals surface area contributed by atoms with Crippen molar-refractivity contribution in [3.8, 4) is 17.3 Å². The van der Waals surface area contributed by atoms with Crippen molar-refractivity contribution >= 4 is 27.5 Å². The Morgan fingerprint density at radius 3 is 2.65 bits per heavy atom. The minimum atomic E-state index is -0.294. The highest BCUT2D eigenvalue weighted by molar-refractivity contribution is 9.10. The molecule has 3 rings (SSSR count). The van der Waals surface area contributed by atoms with E-state index in [1.807, 2.05) is 48.9 Å². The number of hydrogen-bond acceptors (Lipinski definition) is 4. The van der Waals surface area contributed by atoms with Gasteiger partial charge in [0.2, 0.25) is 5.88 Å². The summed E-state index contributed by atoms with van der Waals surface area (Å²) in [6, 6.07) is 11.2. The van der Waals surface area contributed by atoms with Crippen LogP contribution in [-0.4, -0.2) is 19.7 Å². The Labute approximate surface area is 147 Å². The highest BCUT2D eigenvalue weighted by Crippen LogP contribution is 2.28. The molecule has 1 aromatic carbocycles. The lowest BCUT2D eigenvalue weighted by molar-refractivity contribution is 0.203. The van der Waals surface area contributed by atoms with Gasteiger partial charge < -0.3 is 9.30 Å². The molecule has 0 fully saturated rings. The van der Waals surface area contributed by atoms with Crippen molar-refractivity contribution < 1.29 is 4.74 Å². The van der Waals surface area contributed by atoms with E-state index in [-0.39, 0.29) is 6.10 Å². The fourth-order valence-electron chi connectivity index (χ4n) is 2.24. The fourth-order valence-corrected chi connectivity index (χ4v) is 2.69. The average Bonchev–Trinajstić information content (AvgIpc) is 2.92. The van der Waals surface area contributed by atoms with Crippen LogP contribution in [0.3, 0.4) is 0 Å². The van der Waals surface area contributed by atoms with Gasteiger partial charge in [-0.2, -0.15) is 0 Å². The molecule has 0 aliphatic carbocycles. The summed E-state index contributed by atoms with van der Waals surface area (Å²) in [4.78, 5) is 4.20. The molecule has 118 valence electrons. The van der Waals surface area contributed by atoms with Gasteiger partial charge in [0, 0.05) is 29.3 Å². The second kappa shape index (κ2) is 6.68. The molecular formula is C16H14BrClN4O. The lowest BCUT2D eigenvalue weighted by atomic mass is 10.2. The molecule has 0 bridgehead atoms. The normalized spacial score (nSPS) is 12.2. The summed E-state index contributed by atoms with van der Waals surface area (Å²) in [5.74, 6) is 1.93. The number of ether oxygens (including phenoxy) is 1. The first-order valence-corrected chi connectivity index (χ1v) is 8.15. The smallest absolute Gasteiger partial charge is 0.213 e. The van der Waals surface area contributed by atoms with Crippen LogP contribution in [0.5, 0.6) is 5.88 Å². The maximum Gasteiger partial charge on any atom is 0.213 e. The molecule has 0 radical (unpaired) electrons. The number of pyridine rings is 1. The SMILES string of the molecule is C[C@H](Oc1ccc(Br)cn1)c1nnc(-c2ccccc2Cl)n1C. The maximum absolute atomic E-state index is 6.24. The highest BCUT2D eigenvalue weighted by Gasteiger charge is 2.19. The van der Waals surface area contributed by atoms with Crippen molar-refractivity contribution in [2.24, 2.45) is 7.05 Å². The van der Waals surface area contributed by atoms with Crippen LogP contribution in [-0.2, 0) is 7.05 Å². The van der Waals surface area contributed by atoms with Crippen LogP contribution in [0, 0.1) is 0 Å². The Morgan fingerprint density at radius 2 is 1.96 bits per heavy atom. The molecule has 2 heterocycles. The number of hydrogen-bond donors (Lipinski definition) is 0. The third-order valence-electron chi connectivity index (χ3n) is 3.38. The number of aromatic nitrogens is 4. The first kappa shape index (κ1) is 16.0. The molecular weight excluding hydrogens is 380 g/mol. The number of rotatable bonds is 4. The predicted molar refractivity (Wildman–Crippen MR) is 92.4 cm³/mol. The Bertz CT molecular complexity index is 819. The fraction of sp³-hybridized carbons (Fsp3) is 0.188. The molecule has 1 atom stereocenters. The van der Waals surface area contributed by atoms with Gasteiger partial charge in [0.15, 0.2) is 17.8 Å². The van der Waals surface area contributed by atoms with Crippen LogP contribution in [0.15, 0.2) is 47.1 Å². The van der Waals surface area contributed by atoms with Crippen LogP contribution in [0.4, 0.5) is 0 Å². The first-order chi connectivity index (χ1) is 11.1. The molecule has 0 saturated carbocycles. The van der Waals surface area contributed by atoms with E-state index >= 15 is 0 Å². The Hall–Kier alpha value is -1.92. The lowest BCUT2D eigenvalue weighted by Gasteiger charge is -2.13. The monoisotopic (exact) mass is 392 g/mol. The molecule has 3 aromatic rings. The Kier molecular flexibility index (Phi) is 4.63. The van der Waals surface area contributed by atoms with E-state index in [2.05, 4.69) is 31.1 Å². The zero-order valence-electron chi connectivity index (χ0n) is 12.6. The van der Waals surface area contributed by atoms with E-state index in [4.69, 9.17) is 16.3 Å². The van der Waals surface area contributed by atoms with E-state index in [0.29, 0.717) is 22.6 Å². The summed E-state index contributed by atoms with van der Waals surface area (Å²) in [5, 5.41) is 9.12. The van der Waals surface area contributed by atoms with E-state index < -0.39 is 0 Å². The van der Waals surface area contributed by atoms with E-state index in [0.717, 1.165) is 10.0 Å². The Balaban J connectivity index is 1.86. The number of benzene rings is 1. The molecule has 0 aliphatic heterocycles. The third-order valence-corrected chi connectivity index (χ3v) is 4.18. The average molecular weight is 394 g/mol. The van der Waals surface area contributed by atoms with Crippen molar-refractivity contribution in [2.75, 3.05) is 0 Å². The molecule has 0 aliphatic rings. The van der Waals surface area contributed by atoms with E-state index in [1.54, 1.807) is 12.3 Å². The summed E-state index contributed by atoms with van der Waals surface area (Å²) >= 11 is 9.58. The van der Waals surface area contributed by atoms with Gasteiger partial charge in [-0.15, -0.1) is 10.2 Å². The molecule has 23 heavy (non-hydrogen) atoms. The van der Waals surface area contributed by atoms with Gasteiger partial charge in [-0.3, -0.25) is 0 Å². The van der Waals surface area contributed by atoms with Crippen LogP contribution in [0.2, 0.25) is 5.02 Å². The minimum absolute atomic E-state index is 0.294. The molecule has 0 N–H and O–H groups in total. The van der Waals surface area contributed by atoms with Gasteiger partial charge >= 0.3 is 0 Å². The second-order valence-electron chi connectivity index (χ2n) is 5.00. The lowest BCUT2D eigenvalue weighted by Crippen LogP contribution is -2.10. The summed E-state index contributed by atoms with van der Waals surface area (Å²) < 4.78 is 8.61. The van der Waals surface area contributed by atoms with Gasteiger partial charge in [0.25, 0.3) is 0 Å². The molecule has 2 aromatic heterocycles. The largest absolute Gasteiger partial charge is 0.466 e. The van der Waals surface area contributed by atoms with Crippen molar-refractivity contribution in [2.45, 2.75) is 13.0 Å². The van der Waals surface area contributed by atoms with Gasteiger partial charge in [-0.1, -0.05) is 23.7 Å². The zero-order valence-corrected chi connectivity index (χ0v) is 14.9. The standard InChI is InChI=1S/C16H14BrClN4O/c1-10(23-14-8-7-11(17)9-19-14)15-20-21-16(22(15)2)12-5-3-4-6-13(12)18/h3-10H,1-2H3/t10-/m0/s1. The summed E-state index contributed by atoms with van der Waals surface area (Å²) in [6.45, 7) is 1.91. The maximum atomic E-state index is 6.24. The van der Waals surface area contributed by atoms with Crippen LogP contribution < -0.4 is 4.74 Å². The summed E-state index contributed by atoms with van der Waals surface area (Å²) in [7, 11) is 1.89. The molecule has 0 spiro atoms. The van der Waals surface area contributed by atoms with E-state index in [1.165, 1.54) is 0 Å². The second-order valence-corrected chi connectivity index (χ2v) is 6.32. The van der Waals surface area contributed by atoms with E-state index in [9.17, 15) is 0 Å². The Morgan fingerprint density at radius 1 is 1.17 bits per heavy atom. The number of nitrogens with zero attached hydrogens (tertiary/aromatic N) is 4. The van der Waals surface area contributed by atoms with Crippen LogP contribution >= 0.6 is 27.5 Å². The van der Waals surface area contributed by atoms with Gasteiger partial charge in [0.1, 0.15) is 0 Å². The molecule has 5 nitrogen and oxygen atoms in total. The van der Waals surface area contributed by atoms with Crippen molar-refractivity contribution in [3.63, 3.8) is 0 Å². The molecule has 0 unspecified atom stereocenters. The highest BCUT2D eigenvalue weighted by atomic mass is 79.9. The molecule has 0 saturated heterocycles. The number of halogens is 2. The molecule has 7 heteroatoms. The van der Waals surface area contributed by atoms with Gasteiger partial charge in [-0.25, -0.2) is 4.98 Å². The third kappa shape index (κ3) is 3.38. The van der Waals surface area contributed by atoms with Crippen LogP contribution in [0.1, 0.15) is 18.9 Å². The first-order valence-electron chi connectivity index (χ1n) is 6.98. The van der Waals surface area contributed by atoms with Crippen molar-refractivity contribution in [1.82, 2.24) is 19.7 Å². The van der Waals surface area contributed by atoms with Gasteiger partial charge in [-0.05, 0) is 41.1 Å². The van der Waals surface area contributed by atoms with Crippen molar-refractivity contribution in [1.29, 1.82) is 0 Å². The summed E-state index contributed by atoms with van der Waals surface area (Å²) in [6.07, 6.45) is 1.39. The molecule has 0 amide bonds. The predicted octanol–water partition coefficient (Wildman–Crippen LogP) is 4.43. The zero-order chi connectivity index (χ0) is 16.4. The minimum Gasteiger partial charge on any atom is -0.466 e. The summed E-state index contributed by atoms with van der Waals surface area (Å²) in [5.41, 5.74) is 0.837. The van der Waals surface area contributed by atoms with Crippen LogP contribution in [0.25, 0.3) is 11.4 Å². The topological polar surface area (TPSA) is 52.8 Å². The van der Waals surface area contributed by atoms with Gasteiger partial charge in [0.05, 0.1) is 5.02 Å².